The number of imide groups is 1. The van der Waals surface area contributed by atoms with Gasteiger partial charge in [0, 0.05) is 31.4 Å². The van der Waals surface area contributed by atoms with E-state index in [0.29, 0.717) is 21.9 Å². The Balaban J connectivity index is 1.98. The maximum Gasteiger partial charge on any atom is 0.334 e. The SMILES string of the molecule is C#Cc1cc(OC)cc(C(=O)N(C(=O)Nc2ccc(C=NN(C)C)cc2F)c2ccc(Cl)cn2)c1. The van der Waals surface area contributed by atoms with Crippen LogP contribution in [0.1, 0.15) is 21.5 Å². The van der Waals surface area contributed by atoms with Crippen LogP contribution in [-0.2, 0) is 0 Å². The molecule has 2 aromatic carbocycles. The highest BCUT2D eigenvalue weighted by molar-refractivity contribution is 6.30. The lowest BCUT2D eigenvalue weighted by Crippen LogP contribution is -2.41. The van der Waals surface area contributed by atoms with Gasteiger partial charge in [-0.3, -0.25) is 4.79 Å². The molecule has 3 amide bonds. The Morgan fingerprint density at radius 3 is 2.57 bits per heavy atom. The molecule has 3 rings (SSSR count). The number of methoxy groups -OCH3 is 1. The summed E-state index contributed by atoms with van der Waals surface area (Å²) in [5.74, 6) is 1.26. The lowest BCUT2D eigenvalue weighted by Gasteiger charge is -2.21. The Hall–Kier alpha value is -4.42. The number of rotatable bonds is 6. The minimum atomic E-state index is -0.941. The van der Waals surface area contributed by atoms with Crippen molar-refractivity contribution < 1.29 is 18.7 Å². The number of aromatic nitrogens is 1. The number of hydrazone groups is 1. The molecule has 0 fully saturated rings. The number of hydrogen-bond donors (Lipinski definition) is 1. The molecule has 0 aliphatic carbocycles. The molecule has 0 unspecified atom stereocenters. The number of amides is 3. The molecule has 0 bridgehead atoms. The van der Waals surface area contributed by atoms with Crippen molar-refractivity contribution in [1.82, 2.24) is 9.99 Å². The second-order valence-corrected chi connectivity index (χ2v) is 7.77. The van der Waals surface area contributed by atoms with Crippen LogP contribution in [-0.4, -0.2) is 49.4 Å². The molecule has 1 N–H and O–H groups in total. The van der Waals surface area contributed by atoms with E-state index in [1.54, 1.807) is 31.2 Å². The van der Waals surface area contributed by atoms with Crippen molar-refractivity contribution >= 4 is 41.3 Å². The minimum Gasteiger partial charge on any atom is -0.497 e. The Kier molecular flexibility index (Phi) is 8.02. The van der Waals surface area contributed by atoms with Crippen molar-refractivity contribution in [3.63, 3.8) is 0 Å². The fourth-order valence-electron chi connectivity index (χ4n) is 2.92. The number of carbonyl (C=O) groups is 2. The van der Waals surface area contributed by atoms with Crippen LogP contribution in [0.5, 0.6) is 5.75 Å². The summed E-state index contributed by atoms with van der Waals surface area (Å²) in [7, 11) is 4.88. The van der Waals surface area contributed by atoms with Gasteiger partial charge >= 0.3 is 6.03 Å². The first-order valence-electron chi connectivity index (χ1n) is 10.2. The van der Waals surface area contributed by atoms with Crippen LogP contribution in [0.25, 0.3) is 0 Å². The van der Waals surface area contributed by atoms with Gasteiger partial charge in [-0.05, 0) is 48.0 Å². The van der Waals surface area contributed by atoms with Gasteiger partial charge in [0.25, 0.3) is 5.91 Å². The number of ether oxygens (including phenoxy) is 1. The molecule has 0 saturated carbocycles. The molecule has 0 atom stereocenters. The van der Waals surface area contributed by atoms with Crippen LogP contribution in [0.4, 0.5) is 20.7 Å². The number of anilines is 2. The predicted molar refractivity (Wildman–Crippen MR) is 134 cm³/mol. The quantitative estimate of drug-likeness (QED) is 0.307. The van der Waals surface area contributed by atoms with Gasteiger partial charge < -0.3 is 15.1 Å². The zero-order chi connectivity index (χ0) is 25.5. The predicted octanol–water partition coefficient (Wildman–Crippen LogP) is 4.64. The normalized spacial score (nSPS) is 10.5. The second-order valence-electron chi connectivity index (χ2n) is 7.33. The second kappa shape index (κ2) is 11.1. The van der Waals surface area contributed by atoms with Gasteiger partial charge in [-0.15, -0.1) is 6.42 Å². The number of pyridine rings is 1. The third kappa shape index (κ3) is 6.34. The zero-order valence-electron chi connectivity index (χ0n) is 19.1. The maximum atomic E-state index is 14.7. The van der Waals surface area contributed by atoms with Gasteiger partial charge in [0.1, 0.15) is 17.4 Å². The van der Waals surface area contributed by atoms with E-state index >= 15 is 0 Å². The van der Waals surface area contributed by atoms with Crippen LogP contribution in [0.15, 0.2) is 59.8 Å². The number of halogens is 2. The number of carbonyl (C=O) groups excluding carboxylic acids is 2. The molecule has 0 spiro atoms. The summed E-state index contributed by atoms with van der Waals surface area (Å²) in [6.07, 6.45) is 8.23. The number of nitrogens with zero attached hydrogens (tertiary/aromatic N) is 4. The molecule has 178 valence electrons. The Morgan fingerprint density at radius 1 is 1.20 bits per heavy atom. The van der Waals surface area contributed by atoms with Gasteiger partial charge in [0.2, 0.25) is 0 Å². The van der Waals surface area contributed by atoms with Gasteiger partial charge in [-0.2, -0.15) is 5.10 Å². The highest BCUT2D eigenvalue weighted by Gasteiger charge is 2.27. The van der Waals surface area contributed by atoms with Crippen LogP contribution < -0.4 is 15.0 Å². The Labute approximate surface area is 207 Å². The lowest BCUT2D eigenvalue weighted by atomic mass is 10.1. The highest BCUT2D eigenvalue weighted by Crippen LogP contribution is 2.23. The molecule has 1 aromatic heterocycles. The average Bonchev–Trinajstić information content (AvgIpc) is 2.85. The molecule has 0 aliphatic rings. The number of nitrogens with one attached hydrogen (secondary N) is 1. The average molecular weight is 494 g/mol. The summed E-state index contributed by atoms with van der Waals surface area (Å²) >= 11 is 5.91. The van der Waals surface area contributed by atoms with Crippen molar-refractivity contribution in [1.29, 1.82) is 0 Å². The first-order chi connectivity index (χ1) is 16.7. The largest absolute Gasteiger partial charge is 0.497 e. The molecule has 10 heteroatoms. The maximum absolute atomic E-state index is 14.7. The molecular weight excluding hydrogens is 473 g/mol. The van der Waals surface area contributed by atoms with E-state index in [2.05, 4.69) is 21.3 Å². The van der Waals surface area contributed by atoms with E-state index in [-0.39, 0.29) is 17.1 Å². The standard InChI is InChI=1S/C25H21ClFN5O3/c1-5-16-10-18(13-20(11-16)35-4)24(33)32(23-9-7-19(26)15-28-23)25(34)30-22-8-6-17(12-21(22)27)14-29-31(2)3/h1,6-15H,2-4H3,(H,30,34). The van der Waals surface area contributed by atoms with E-state index in [9.17, 15) is 14.0 Å². The van der Waals surface area contributed by atoms with E-state index < -0.39 is 17.8 Å². The molecule has 1 heterocycles. The minimum absolute atomic E-state index is 0.0304. The molecule has 0 aliphatic heterocycles. The molecule has 8 nitrogen and oxygen atoms in total. The summed E-state index contributed by atoms with van der Waals surface area (Å²) in [5, 5.41) is 8.32. The van der Waals surface area contributed by atoms with Gasteiger partial charge in [0.05, 0.1) is 24.0 Å². The van der Waals surface area contributed by atoms with Crippen molar-refractivity contribution in [3.05, 3.63) is 82.3 Å². The van der Waals surface area contributed by atoms with Crippen molar-refractivity contribution in [2.24, 2.45) is 5.10 Å². The first kappa shape index (κ1) is 25.2. The lowest BCUT2D eigenvalue weighted by molar-refractivity contribution is 0.0994. The molecule has 0 saturated heterocycles. The Morgan fingerprint density at radius 2 is 1.97 bits per heavy atom. The van der Waals surface area contributed by atoms with Gasteiger partial charge in [0.15, 0.2) is 0 Å². The number of terminal acetylenes is 1. The van der Waals surface area contributed by atoms with Crippen LogP contribution in [0.2, 0.25) is 5.02 Å². The van der Waals surface area contributed by atoms with Crippen LogP contribution in [0, 0.1) is 18.2 Å². The van der Waals surface area contributed by atoms with Crippen molar-refractivity contribution in [2.75, 3.05) is 31.4 Å². The van der Waals surface area contributed by atoms with Gasteiger partial charge in [-0.25, -0.2) is 19.1 Å². The first-order valence-corrected chi connectivity index (χ1v) is 10.5. The number of urea groups is 1. The van der Waals surface area contributed by atoms with E-state index in [4.69, 9.17) is 22.8 Å². The summed E-state index contributed by atoms with van der Waals surface area (Å²) in [6.45, 7) is 0. The van der Waals surface area contributed by atoms with Crippen LogP contribution in [0.3, 0.4) is 0 Å². The zero-order valence-corrected chi connectivity index (χ0v) is 19.9. The smallest absolute Gasteiger partial charge is 0.334 e. The van der Waals surface area contributed by atoms with Gasteiger partial charge in [-0.1, -0.05) is 23.6 Å². The molecule has 35 heavy (non-hydrogen) atoms. The molecule has 3 aromatic rings. The van der Waals surface area contributed by atoms with E-state index in [1.165, 1.54) is 55.9 Å². The van der Waals surface area contributed by atoms with E-state index in [0.717, 1.165) is 4.90 Å². The summed E-state index contributed by atoms with van der Waals surface area (Å²) < 4.78 is 19.9. The summed E-state index contributed by atoms with van der Waals surface area (Å²) in [5.41, 5.74) is 0.788. The van der Waals surface area contributed by atoms with Crippen molar-refractivity contribution in [3.8, 4) is 18.1 Å². The monoisotopic (exact) mass is 493 g/mol. The van der Waals surface area contributed by atoms with Crippen molar-refractivity contribution in [2.45, 2.75) is 0 Å². The fourth-order valence-corrected chi connectivity index (χ4v) is 3.03. The number of hydrogen-bond acceptors (Lipinski definition) is 6. The Bertz CT molecular complexity index is 1320. The number of benzene rings is 2. The third-order valence-electron chi connectivity index (χ3n) is 4.58. The fraction of sp³-hybridized carbons (Fsp3) is 0.120. The third-order valence-corrected chi connectivity index (χ3v) is 4.80. The summed E-state index contributed by atoms with van der Waals surface area (Å²) in [4.78, 5) is 31.5. The van der Waals surface area contributed by atoms with Crippen LogP contribution >= 0.6 is 11.6 Å². The molecule has 0 radical (unpaired) electrons. The van der Waals surface area contributed by atoms with E-state index in [1.807, 2.05) is 0 Å². The summed E-state index contributed by atoms with van der Waals surface area (Å²) in [6, 6.07) is 10.5. The highest BCUT2D eigenvalue weighted by atomic mass is 35.5. The molecular formula is C25H21ClFN5O3. The topological polar surface area (TPSA) is 87.1 Å².